The van der Waals surface area contributed by atoms with Gasteiger partial charge >= 0.3 is 0 Å². The first-order valence-corrected chi connectivity index (χ1v) is 9.39. The number of aromatic nitrogens is 4. The van der Waals surface area contributed by atoms with E-state index in [4.69, 9.17) is 4.52 Å². The van der Waals surface area contributed by atoms with Crippen molar-refractivity contribution in [2.24, 2.45) is 5.92 Å². The van der Waals surface area contributed by atoms with Gasteiger partial charge in [0.1, 0.15) is 11.5 Å². The van der Waals surface area contributed by atoms with Crippen LogP contribution in [0.3, 0.4) is 0 Å². The van der Waals surface area contributed by atoms with Crippen molar-refractivity contribution in [2.45, 2.75) is 39.3 Å². The predicted molar refractivity (Wildman–Crippen MR) is 100 cm³/mol. The van der Waals surface area contributed by atoms with Gasteiger partial charge in [0.25, 0.3) is 0 Å². The molecule has 1 aliphatic rings. The van der Waals surface area contributed by atoms with Crippen LogP contribution in [0.1, 0.15) is 37.2 Å². The van der Waals surface area contributed by atoms with Gasteiger partial charge in [-0.05, 0) is 18.1 Å². The van der Waals surface area contributed by atoms with Gasteiger partial charge in [0, 0.05) is 31.4 Å². The first-order chi connectivity index (χ1) is 13.1. The normalized spacial score (nSPS) is 15.5. The van der Waals surface area contributed by atoms with E-state index in [-0.39, 0.29) is 24.3 Å². The summed E-state index contributed by atoms with van der Waals surface area (Å²) in [5.41, 5.74) is 1.34. The molecular formula is C19H24N6O2. The molecule has 1 unspecified atom stereocenters. The van der Waals surface area contributed by atoms with Crippen LogP contribution < -0.4 is 10.6 Å². The van der Waals surface area contributed by atoms with Crippen molar-refractivity contribution in [3.8, 4) is 0 Å². The highest BCUT2D eigenvalue weighted by atomic mass is 16.5. The maximum Gasteiger partial charge on any atom is 0.226 e. The average molecular weight is 368 g/mol. The summed E-state index contributed by atoms with van der Waals surface area (Å²) in [5, 5.41) is 20.2. The molecule has 0 saturated heterocycles. The highest BCUT2D eigenvalue weighted by molar-refractivity contribution is 5.86. The molecule has 0 spiro atoms. The van der Waals surface area contributed by atoms with Crippen LogP contribution in [-0.4, -0.2) is 38.9 Å². The summed E-state index contributed by atoms with van der Waals surface area (Å²) >= 11 is 0. The predicted octanol–water partition coefficient (Wildman–Crippen LogP) is 1.62. The minimum Gasteiger partial charge on any atom is -0.356 e. The molecule has 3 heterocycles. The SMILES string of the molecule is CC(C)C(NC(=O)Cc1noc2ccccc12)c1nnc2n1CCNCC2. The van der Waals surface area contributed by atoms with E-state index >= 15 is 0 Å². The maximum atomic E-state index is 12.7. The highest BCUT2D eigenvalue weighted by Crippen LogP contribution is 2.23. The molecule has 27 heavy (non-hydrogen) atoms. The fourth-order valence-electron chi connectivity index (χ4n) is 3.50. The number of hydrogen-bond donors (Lipinski definition) is 2. The van der Waals surface area contributed by atoms with Crippen LogP contribution >= 0.6 is 0 Å². The molecule has 1 aromatic carbocycles. The van der Waals surface area contributed by atoms with Crippen molar-refractivity contribution in [3.63, 3.8) is 0 Å². The van der Waals surface area contributed by atoms with E-state index < -0.39 is 0 Å². The molecule has 0 radical (unpaired) electrons. The molecule has 2 aromatic heterocycles. The van der Waals surface area contributed by atoms with Gasteiger partial charge in [-0.25, -0.2) is 0 Å². The van der Waals surface area contributed by atoms with E-state index in [0.717, 1.165) is 43.1 Å². The fraction of sp³-hybridized carbons (Fsp3) is 0.474. The summed E-state index contributed by atoms with van der Waals surface area (Å²) in [7, 11) is 0. The van der Waals surface area contributed by atoms with Gasteiger partial charge in [0.05, 0.1) is 12.5 Å². The fourth-order valence-corrected chi connectivity index (χ4v) is 3.50. The zero-order chi connectivity index (χ0) is 18.8. The zero-order valence-corrected chi connectivity index (χ0v) is 15.6. The van der Waals surface area contributed by atoms with Crippen LogP contribution in [0.25, 0.3) is 11.0 Å². The van der Waals surface area contributed by atoms with Crippen molar-refractivity contribution >= 4 is 16.9 Å². The summed E-state index contributed by atoms with van der Waals surface area (Å²) in [6.45, 7) is 6.74. The number of hydrogen-bond acceptors (Lipinski definition) is 6. The van der Waals surface area contributed by atoms with Crippen LogP contribution in [0.2, 0.25) is 0 Å². The number of nitrogens with zero attached hydrogens (tertiary/aromatic N) is 4. The summed E-state index contributed by atoms with van der Waals surface area (Å²) in [4.78, 5) is 12.7. The van der Waals surface area contributed by atoms with Gasteiger partial charge in [0.15, 0.2) is 11.4 Å². The Kier molecular flexibility index (Phi) is 4.89. The molecule has 8 heteroatoms. The van der Waals surface area contributed by atoms with Crippen molar-refractivity contribution in [3.05, 3.63) is 41.6 Å². The Hall–Kier alpha value is -2.74. The summed E-state index contributed by atoms with van der Waals surface area (Å²) in [6, 6.07) is 7.37. The lowest BCUT2D eigenvalue weighted by molar-refractivity contribution is -0.121. The average Bonchev–Trinajstić information content (AvgIpc) is 3.16. The zero-order valence-electron chi connectivity index (χ0n) is 15.6. The molecule has 142 valence electrons. The second-order valence-corrected chi connectivity index (χ2v) is 7.22. The van der Waals surface area contributed by atoms with Crippen LogP contribution in [0, 0.1) is 5.92 Å². The quantitative estimate of drug-likeness (QED) is 0.710. The number of benzene rings is 1. The topological polar surface area (TPSA) is 97.9 Å². The van der Waals surface area contributed by atoms with Crippen LogP contribution in [0.5, 0.6) is 0 Å². The Morgan fingerprint density at radius 1 is 1.30 bits per heavy atom. The lowest BCUT2D eigenvalue weighted by Crippen LogP contribution is -2.35. The molecule has 1 aliphatic heterocycles. The smallest absolute Gasteiger partial charge is 0.226 e. The monoisotopic (exact) mass is 368 g/mol. The van der Waals surface area contributed by atoms with E-state index in [1.165, 1.54) is 0 Å². The minimum absolute atomic E-state index is 0.100. The number of amides is 1. The third kappa shape index (κ3) is 3.57. The third-order valence-corrected chi connectivity index (χ3v) is 4.94. The lowest BCUT2D eigenvalue weighted by Gasteiger charge is -2.22. The molecule has 4 rings (SSSR count). The van der Waals surface area contributed by atoms with Gasteiger partial charge < -0.3 is 19.7 Å². The number of nitrogens with one attached hydrogen (secondary N) is 2. The van der Waals surface area contributed by atoms with E-state index in [2.05, 4.69) is 44.4 Å². The second kappa shape index (κ2) is 7.48. The molecule has 0 fully saturated rings. The Bertz CT molecular complexity index is 945. The van der Waals surface area contributed by atoms with Gasteiger partial charge in [-0.1, -0.05) is 31.1 Å². The largest absolute Gasteiger partial charge is 0.356 e. The number of fused-ring (bicyclic) bond motifs is 2. The Morgan fingerprint density at radius 2 is 2.15 bits per heavy atom. The van der Waals surface area contributed by atoms with E-state index in [9.17, 15) is 4.79 Å². The van der Waals surface area contributed by atoms with Crippen molar-refractivity contribution in [1.29, 1.82) is 0 Å². The standard InChI is InChI=1S/C19H24N6O2/c1-12(2)18(19-23-22-16-7-8-20-9-10-25(16)19)21-17(26)11-14-13-5-3-4-6-15(13)27-24-14/h3-6,12,18,20H,7-11H2,1-2H3,(H,21,26). The molecular weight excluding hydrogens is 344 g/mol. The van der Waals surface area contributed by atoms with E-state index in [1.54, 1.807) is 0 Å². The number of carbonyl (C=O) groups excluding carboxylic acids is 1. The van der Waals surface area contributed by atoms with Crippen LogP contribution in [0.15, 0.2) is 28.8 Å². The molecule has 1 amide bonds. The minimum atomic E-state index is -0.199. The Balaban J connectivity index is 1.53. The maximum absolute atomic E-state index is 12.7. The molecule has 0 aliphatic carbocycles. The molecule has 2 N–H and O–H groups in total. The van der Waals surface area contributed by atoms with E-state index in [1.807, 2.05) is 24.3 Å². The molecule has 0 saturated carbocycles. The summed E-state index contributed by atoms with van der Waals surface area (Å²) in [6.07, 6.45) is 1.01. The van der Waals surface area contributed by atoms with Crippen molar-refractivity contribution in [1.82, 2.24) is 30.6 Å². The van der Waals surface area contributed by atoms with Gasteiger partial charge in [-0.3, -0.25) is 4.79 Å². The van der Waals surface area contributed by atoms with Gasteiger partial charge in [0.2, 0.25) is 5.91 Å². The number of rotatable bonds is 5. The lowest BCUT2D eigenvalue weighted by atomic mass is 10.0. The van der Waals surface area contributed by atoms with Gasteiger partial charge in [-0.2, -0.15) is 0 Å². The van der Waals surface area contributed by atoms with Crippen molar-refractivity contribution in [2.75, 3.05) is 13.1 Å². The number of carbonyl (C=O) groups is 1. The highest BCUT2D eigenvalue weighted by Gasteiger charge is 2.27. The second-order valence-electron chi connectivity index (χ2n) is 7.22. The molecule has 1 atom stereocenters. The van der Waals surface area contributed by atoms with Gasteiger partial charge in [-0.15, -0.1) is 10.2 Å². The van der Waals surface area contributed by atoms with Crippen LogP contribution in [0.4, 0.5) is 0 Å². The van der Waals surface area contributed by atoms with Crippen LogP contribution in [-0.2, 0) is 24.2 Å². The Labute approximate surface area is 157 Å². The first-order valence-electron chi connectivity index (χ1n) is 9.39. The van der Waals surface area contributed by atoms with Crippen molar-refractivity contribution < 1.29 is 9.32 Å². The third-order valence-electron chi connectivity index (χ3n) is 4.94. The molecule has 0 bridgehead atoms. The summed E-state index contributed by atoms with van der Waals surface area (Å²) in [5.74, 6) is 1.88. The first kappa shape index (κ1) is 17.7. The molecule has 3 aromatic rings. The number of para-hydroxylation sites is 1. The summed E-state index contributed by atoms with van der Waals surface area (Å²) < 4.78 is 7.43. The van der Waals surface area contributed by atoms with E-state index in [0.29, 0.717) is 11.3 Å². The molecule has 8 nitrogen and oxygen atoms in total. The Morgan fingerprint density at radius 3 is 3.00 bits per heavy atom.